The number of amidine groups is 1. The number of hydrogen-bond donors (Lipinski definition) is 0. The lowest BCUT2D eigenvalue weighted by Crippen LogP contribution is -2.28. The predicted octanol–water partition coefficient (Wildman–Crippen LogP) is 7.46. The summed E-state index contributed by atoms with van der Waals surface area (Å²) in [7, 11) is 1.63. The van der Waals surface area contributed by atoms with E-state index in [1.54, 1.807) is 12.0 Å². The molecule has 180 valence electrons. The lowest BCUT2D eigenvalue weighted by molar-refractivity contribution is -0.113. The van der Waals surface area contributed by atoms with Crippen molar-refractivity contribution in [3.63, 3.8) is 0 Å². The largest absolute Gasteiger partial charge is 0.493 e. The summed E-state index contributed by atoms with van der Waals surface area (Å²) in [5.74, 6) is 1.27. The number of amides is 1. The van der Waals surface area contributed by atoms with Crippen molar-refractivity contribution in [3.8, 4) is 11.5 Å². The smallest absolute Gasteiger partial charge is 0.271 e. The number of benzene rings is 3. The van der Waals surface area contributed by atoms with Crippen LogP contribution in [0.1, 0.15) is 38.2 Å². The number of hydrogen-bond acceptors (Lipinski definition) is 5. The highest BCUT2D eigenvalue weighted by Crippen LogP contribution is 2.38. The summed E-state index contributed by atoms with van der Waals surface area (Å²) in [6.45, 7) is 2.86. The van der Waals surface area contributed by atoms with Crippen LogP contribution in [0.4, 0.5) is 11.4 Å². The van der Waals surface area contributed by atoms with E-state index in [0.717, 1.165) is 29.8 Å². The Morgan fingerprint density at radius 1 is 0.914 bits per heavy atom. The molecule has 0 aromatic heterocycles. The minimum absolute atomic E-state index is 0.105. The number of carbonyl (C=O) groups excluding carboxylic acids is 1. The molecule has 0 aliphatic carbocycles. The Balaban J connectivity index is 1.59. The highest BCUT2D eigenvalue weighted by molar-refractivity contribution is 8.19. The average molecular weight is 487 g/mol. The molecule has 1 heterocycles. The number of anilines is 1. The first kappa shape index (κ1) is 24.6. The monoisotopic (exact) mass is 486 g/mol. The van der Waals surface area contributed by atoms with E-state index in [4.69, 9.17) is 14.5 Å². The number of methoxy groups -OCH3 is 1. The van der Waals surface area contributed by atoms with Crippen LogP contribution in [0.2, 0.25) is 0 Å². The fraction of sp³-hybridized carbons (Fsp3) is 0.241. The number of thioether (sulfide) groups is 1. The lowest BCUT2D eigenvalue weighted by atomic mass is 10.1. The van der Waals surface area contributed by atoms with Gasteiger partial charge in [0.25, 0.3) is 5.91 Å². The summed E-state index contributed by atoms with van der Waals surface area (Å²) in [5.41, 5.74) is 2.45. The molecule has 0 atom stereocenters. The van der Waals surface area contributed by atoms with E-state index >= 15 is 0 Å². The van der Waals surface area contributed by atoms with Crippen molar-refractivity contribution >= 4 is 40.3 Å². The number of nitrogens with zero attached hydrogens (tertiary/aromatic N) is 2. The molecule has 35 heavy (non-hydrogen) atoms. The molecular weight excluding hydrogens is 456 g/mol. The van der Waals surface area contributed by atoms with Gasteiger partial charge in [-0.3, -0.25) is 9.69 Å². The fourth-order valence-electron chi connectivity index (χ4n) is 3.72. The van der Waals surface area contributed by atoms with Crippen molar-refractivity contribution in [2.24, 2.45) is 4.99 Å². The molecule has 3 aromatic carbocycles. The molecule has 3 aromatic rings. The van der Waals surface area contributed by atoms with Gasteiger partial charge in [0.1, 0.15) is 0 Å². The van der Waals surface area contributed by atoms with Crippen LogP contribution in [-0.4, -0.2) is 24.8 Å². The fourth-order valence-corrected chi connectivity index (χ4v) is 4.72. The molecule has 0 radical (unpaired) electrons. The van der Waals surface area contributed by atoms with Crippen LogP contribution in [-0.2, 0) is 4.79 Å². The van der Waals surface area contributed by atoms with E-state index in [-0.39, 0.29) is 5.91 Å². The summed E-state index contributed by atoms with van der Waals surface area (Å²) in [6, 6.07) is 25.0. The van der Waals surface area contributed by atoms with Crippen LogP contribution in [0.25, 0.3) is 6.08 Å². The molecular formula is C29H30N2O3S. The summed E-state index contributed by atoms with van der Waals surface area (Å²) in [6.07, 6.45) is 6.47. The maximum atomic E-state index is 13.5. The van der Waals surface area contributed by atoms with E-state index in [9.17, 15) is 4.79 Å². The number of rotatable bonds is 10. The molecule has 1 amide bonds. The van der Waals surface area contributed by atoms with Crippen LogP contribution in [0.5, 0.6) is 11.5 Å². The highest BCUT2D eigenvalue weighted by Gasteiger charge is 2.34. The van der Waals surface area contributed by atoms with Gasteiger partial charge in [-0.2, -0.15) is 0 Å². The summed E-state index contributed by atoms with van der Waals surface area (Å²) < 4.78 is 11.5. The van der Waals surface area contributed by atoms with Crippen LogP contribution in [0, 0.1) is 0 Å². The van der Waals surface area contributed by atoms with Crippen LogP contribution < -0.4 is 14.4 Å². The molecule has 5 nitrogen and oxygen atoms in total. The van der Waals surface area contributed by atoms with Gasteiger partial charge in [0.05, 0.1) is 30.0 Å². The van der Waals surface area contributed by atoms with E-state index in [1.165, 1.54) is 24.6 Å². The molecule has 0 spiro atoms. The highest BCUT2D eigenvalue weighted by atomic mass is 32.2. The van der Waals surface area contributed by atoms with Gasteiger partial charge in [0.2, 0.25) is 0 Å². The van der Waals surface area contributed by atoms with Gasteiger partial charge in [-0.15, -0.1) is 0 Å². The zero-order valence-corrected chi connectivity index (χ0v) is 21.0. The third kappa shape index (κ3) is 6.34. The number of ether oxygens (including phenoxy) is 2. The van der Waals surface area contributed by atoms with Gasteiger partial charge < -0.3 is 9.47 Å². The Bertz CT molecular complexity index is 1190. The first-order valence-electron chi connectivity index (χ1n) is 11.9. The Morgan fingerprint density at radius 3 is 2.37 bits per heavy atom. The van der Waals surface area contributed by atoms with Crippen molar-refractivity contribution in [2.45, 2.75) is 32.6 Å². The topological polar surface area (TPSA) is 51.1 Å². The third-order valence-corrected chi connectivity index (χ3v) is 6.51. The Kier molecular flexibility index (Phi) is 8.63. The first-order valence-corrected chi connectivity index (χ1v) is 12.7. The summed E-state index contributed by atoms with van der Waals surface area (Å²) in [5, 5.41) is 0.623. The minimum Gasteiger partial charge on any atom is -0.493 e. The molecule has 0 saturated carbocycles. The zero-order valence-electron chi connectivity index (χ0n) is 20.1. The second kappa shape index (κ2) is 12.3. The van der Waals surface area contributed by atoms with E-state index < -0.39 is 0 Å². The van der Waals surface area contributed by atoms with Gasteiger partial charge in [0.15, 0.2) is 16.7 Å². The van der Waals surface area contributed by atoms with Gasteiger partial charge in [-0.25, -0.2) is 4.99 Å². The van der Waals surface area contributed by atoms with Gasteiger partial charge >= 0.3 is 0 Å². The normalized spacial score (nSPS) is 15.7. The van der Waals surface area contributed by atoms with Crippen molar-refractivity contribution in [2.75, 3.05) is 18.6 Å². The molecule has 1 aliphatic heterocycles. The lowest BCUT2D eigenvalue weighted by Gasteiger charge is -2.15. The molecule has 6 heteroatoms. The molecule has 1 aliphatic rings. The number of aliphatic imine (C=N–C) groups is 1. The third-order valence-electron chi connectivity index (χ3n) is 5.54. The molecule has 4 rings (SSSR count). The molecule has 1 fully saturated rings. The quantitative estimate of drug-likeness (QED) is 0.220. The molecule has 1 saturated heterocycles. The van der Waals surface area contributed by atoms with Crippen molar-refractivity contribution < 1.29 is 14.3 Å². The second-order valence-electron chi connectivity index (χ2n) is 8.14. The number of unbranched alkanes of at least 4 members (excludes halogenated alkanes) is 3. The Morgan fingerprint density at radius 2 is 1.66 bits per heavy atom. The van der Waals surface area contributed by atoms with Crippen molar-refractivity contribution in [1.82, 2.24) is 0 Å². The average Bonchev–Trinajstić information content (AvgIpc) is 3.19. The molecule has 0 N–H and O–H groups in total. The summed E-state index contributed by atoms with van der Waals surface area (Å²) >= 11 is 1.37. The van der Waals surface area contributed by atoms with Crippen molar-refractivity contribution in [3.05, 3.63) is 89.3 Å². The predicted molar refractivity (Wildman–Crippen MR) is 146 cm³/mol. The van der Waals surface area contributed by atoms with Crippen LogP contribution in [0.15, 0.2) is 88.8 Å². The minimum atomic E-state index is -0.105. The van der Waals surface area contributed by atoms with E-state index in [1.807, 2.05) is 84.9 Å². The first-order chi connectivity index (χ1) is 17.2. The molecule has 0 unspecified atom stereocenters. The van der Waals surface area contributed by atoms with E-state index in [0.29, 0.717) is 28.2 Å². The SMILES string of the molecule is CCCCCCOc1ccc(/C=C2/SC(=Nc3ccccc3)N(c3ccccc3)C2=O)cc1OC. The zero-order chi connectivity index (χ0) is 24.5. The van der Waals surface area contributed by atoms with Crippen LogP contribution >= 0.6 is 11.8 Å². The summed E-state index contributed by atoms with van der Waals surface area (Å²) in [4.78, 5) is 20.5. The Hall–Kier alpha value is -3.51. The van der Waals surface area contributed by atoms with Gasteiger partial charge in [-0.1, -0.05) is 68.7 Å². The number of carbonyl (C=O) groups is 1. The van der Waals surface area contributed by atoms with E-state index in [2.05, 4.69) is 6.92 Å². The van der Waals surface area contributed by atoms with Gasteiger partial charge in [-0.05, 0) is 66.2 Å². The van der Waals surface area contributed by atoms with Crippen molar-refractivity contribution in [1.29, 1.82) is 0 Å². The van der Waals surface area contributed by atoms with Gasteiger partial charge in [0, 0.05) is 0 Å². The second-order valence-corrected chi connectivity index (χ2v) is 9.15. The molecule has 0 bridgehead atoms. The Labute approximate surface area is 211 Å². The number of para-hydroxylation sites is 2. The van der Waals surface area contributed by atoms with Crippen LogP contribution in [0.3, 0.4) is 0 Å². The maximum absolute atomic E-state index is 13.5. The maximum Gasteiger partial charge on any atom is 0.271 e. The standard InChI is InChI=1S/C29H30N2O3S/c1-3-4-5-12-19-34-25-18-17-22(20-26(25)33-2)21-27-28(32)31(24-15-10-7-11-16-24)29(35-27)30-23-13-8-6-9-14-23/h6-11,13-18,20-21H,3-5,12,19H2,1-2H3/b27-21+,30-29?.